The number of para-hydroxylation sites is 1. The molecular formula is C18H15I2N3O2S2. The molecule has 0 unspecified atom stereocenters. The van der Waals surface area contributed by atoms with Crippen LogP contribution in [-0.4, -0.2) is 29.5 Å². The molecule has 0 spiro atoms. The fraction of sp³-hybridized carbons (Fsp3) is 0.167. The van der Waals surface area contributed by atoms with E-state index in [1.54, 1.807) is 17.6 Å². The minimum absolute atomic E-state index is 0.161. The molecular weight excluding hydrogens is 608 g/mol. The monoisotopic (exact) mass is 623 g/mol. The van der Waals surface area contributed by atoms with Gasteiger partial charge >= 0.3 is 0 Å². The van der Waals surface area contributed by atoms with Gasteiger partial charge in [0.05, 0.1) is 35.9 Å². The quantitative estimate of drug-likeness (QED) is 0.171. The lowest BCUT2D eigenvalue weighted by molar-refractivity contribution is -0.118. The molecule has 2 aromatic carbocycles. The number of carbonyl (C=O) groups is 1. The fourth-order valence-electron chi connectivity index (χ4n) is 2.19. The number of nitrogens with zero attached hydrogens (tertiary/aromatic N) is 2. The number of halogens is 2. The Morgan fingerprint density at radius 3 is 2.78 bits per heavy atom. The van der Waals surface area contributed by atoms with E-state index in [-0.39, 0.29) is 11.7 Å². The Morgan fingerprint density at radius 2 is 2.07 bits per heavy atom. The van der Waals surface area contributed by atoms with Crippen molar-refractivity contribution in [3.05, 3.63) is 49.1 Å². The minimum Gasteiger partial charge on any atom is -0.492 e. The van der Waals surface area contributed by atoms with Crippen LogP contribution < -0.4 is 10.2 Å². The van der Waals surface area contributed by atoms with Crippen molar-refractivity contribution in [2.45, 2.75) is 11.3 Å². The summed E-state index contributed by atoms with van der Waals surface area (Å²) in [5, 5.41) is 4.05. The van der Waals surface area contributed by atoms with E-state index in [2.05, 4.69) is 60.7 Å². The van der Waals surface area contributed by atoms with E-state index in [0.717, 1.165) is 33.0 Å². The number of amides is 1. The molecule has 3 aromatic rings. The lowest BCUT2D eigenvalue weighted by atomic mass is 10.2. The zero-order chi connectivity index (χ0) is 19.2. The number of carbonyl (C=O) groups excluding carboxylic acids is 1. The number of hydrogen-bond acceptors (Lipinski definition) is 6. The van der Waals surface area contributed by atoms with E-state index in [4.69, 9.17) is 4.74 Å². The predicted molar refractivity (Wildman–Crippen MR) is 129 cm³/mol. The summed E-state index contributed by atoms with van der Waals surface area (Å²) in [4.78, 5) is 16.5. The third kappa shape index (κ3) is 5.78. The van der Waals surface area contributed by atoms with Gasteiger partial charge in [0.1, 0.15) is 5.75 Å². The molecule has 1 heterocycles. The Hall–Kier alpha value is -0.920. The van der Waals surface area contributed by atoms with Crippen LogP contribution in [0.2, 0.25) is 0 Å². The van der Waals surface area contributed by atoms with E-state index in [1.165, 1.54) is 11.8 Å². The molecule has 0 bridgehead atoms. The minimum atomic E-state index is -0.161. The van der Waals surface area contributed by atoms with Crippen molar-refractivity contribution in [1.82, 2.24) is 10.4 Å². The van der Waals surface area contributed by atoms with Gasteiger partial charge in [-0.05, 0) is 81.9 Å². The molecule has 0 atom stereocenters. The Bertz CT molecular complexity index is 936. The second-order valence-corrected chi connectivity index (χ2v) is 9.85. The van der Waals surface area contributed by atoms with Gasteiger partial charge in [0.15, 0.2) is 4.34 Å². The van der Waals surface area contributed by atoms with E-state index in [9.17, 15) is 4.79 Å². The number of thioether (sulfide) groups is 1. The molecule has 9 heteroatoms. The number of hydrazone groups is 1. The summed E-state index contributed by atoms with van der Waals surface area (Å²) in [7, 11) is 0. The maximum Gasteiger partial charge on any atom is 0.250 e. The Kier molecular flexibility index (Phi) is 7.73. The molecule has 3 rings (SSSR count). The summed E-state index contributed by atoms with van der Waals surface area (Å²) in [5.74, 6) is 0.994. The van der Waals surface area contributed by atoms with E-state index in [1.807, 2.05) is 43.3 Å². The summed E-state index contributed by atoms with van der Waals surface area (Å²) in [6, 6.07) is 11.9. The first-order chi connectivity index (χ1) is 13.1. The van der Waals surface area contributed by atoms with Crippen LogP contribution in [0.4, 0.5) is 0 Å². The van der Waals surface area contributed by atoms with Crippen molar-refractivity contribution >= 4 is 90.6 Å². The molecule has 0 aliphatic heterocycles. The largest absolute Gasteiger partial charge is 0.492 e. The maximum atomic E-state index is 12.0. The van der Waals surface area contributed by atoms with Crippen LogP contribution >= 0.6 is 68.3 Å². The van der Waals surface area contributed by atoms with E-state index in [0.29, 0.717) is 6.61 Å². The van der Waals surface area contributed by atoms with Crippen LogP contribution in [0.25, 0.3) is 10.2 Å². The lowest BCUT2D eigenvalue weighted by Gasteiger charge is -2.09. The molecule has 0 saturated heterocycles. The highest BCUT2D eigenvalue weighted by atomic mass is 127. The van der Waals surface area contributed by atoms with Crippen LogP contribution in [-0.2, 0) is 4.79 Å². The summed E-state index contributed by atoms with van der Waals surface area (Å²) >= 11 is 7.48. The average Bonchev–Trinajstić information content (AvgIpc) is 3.06. The van der Waals surface area contributed by atoms with Gasteiger partial charge < -0.3 is 4.74 Å². The van der Waals surface area contributed by atoms with Gasteiger partial charge in [0, 0.05) is 0 Å². The van der Waals surface area contributed by atoms with Gasteiger partial charge in [-0.15, -0.1) is 11.3 Å². The van der Waals surface area contributed by atoms with Gasteiger partial charge in [0.25, 0.3) is 5.91 Å². The zero-order valence-corrected chi connectivity index (χ0v) is 20.2. The summed E-state index contributed by atoms with van der Waals surface area (Å²) < 4.78 is 9.66. The molecule has 140 valence electrons. The highest BCUT2D eigenvalue weighted by molar-refractivity contribution is 14.1. The second kappa shape index (κ2) is 10.0. The topological polar surface area (TPSA) is 63.6 Å². The first-order valence-electron chi connectivity index (χ1n) is 7.99. The molecule has 1 aromatic heterocycles. The highest BCUT2D eigenvalue weighted by Gasteiger charge is 2.09. The third-order valence-electron chi connectivity index (χ3n) is 3.31. The van der Waals surface area contributed by atoms with Crippen molar-refractivity contribution in [2.24, 2.45) is 5.10 Å². The molecule has 5 nitrogen and oxygen atoms in total. The number of aromatic nitrogens is 1. The average molecular weight is 623 g/mol. The van der Waals surface area contributed by atoms with Crippen molar-refractivity contribution in [1.29, 1.82) is 0 Å². The molecule has 0 aliphatic carbocycles. The first kappa shape index (κ1) is 20.8. The molecule has 0 fully saturated rings. The molecule has 1 amide bonds. The Balaban J connectivity index is 1.54. The zero-order valence-electron chi connectivity index (χ0n) is 14.2. The number of fused-ring (bicyclic) bond motifs is 1. The smallest absolute Gasteiger partial charge is 0.250 e. The Morgan fingerprint density at radius 1 is 1.33 bits per heavy atom. The van der Waals surface area contributed by atoms with Gasteiger partial charge in [-0.3, -0.25) is 4.79 Å². The summed E-state index contributed by atoms with van der Waals surface area (Å²) in [6.07, 6.45) is 1.64. The molecule has 0 aliphatic rings. The van der Waals surface area contributed by atoms with Crippen LogP contribution in [0.1, 0.15) is 12.5 Å². The fourth-order valence-corrected chi connectivity index (χ4v) is 6.18. The molecule has 27 heavy (non-hydrogen) atoms. The number of nitrogens with one attached hydrogen (secondary N) is 1. The van der Waals surface area contributed by atoms with Crippen molar-refractivity contribution in [3.8, 4) is 5.75 Å². The van der Waals surface area contributed by atoms with E-state index >= 15 is 0 Å². The van der Waals surface area contributed by atoms with Crippen molar-refractivity contribution < 1.29 is 9.53 Å². The Labute approximate surface area is 192 Å². The van der Waals surface area contributed by atoms with Gasteiger partial charge in [-0.1, -0.05) is 23.9 Å². The maximum absolute atomic E-state index is 12.0. The van der Waals surface area contributed by atoms with Crippen LogP contribution in [0.15, 0.2) is 45.8 Å². The van der Waals surface area contributed by atoms with Gasteiger partial charge in [0.2, 0.25) is 0 Å². The van der Waals surface area contributed by atoms with E-state index < -0.39 is 0 Å². The van der Waals surface area contributed by atoms with Crippen molar-refractivity contribution in [3.63, 3.8) is 0 Å². The van der Waals surface area contributed by atoms with Crippen molar-refractivity contribution in [2.75, 3.05) is 12.4 Å². The number of thiazole rings is 1. The molecule has 1 N–H and O–H groups in total. The van der Waals surface area contributed by atoms with Crippen LogP contribution in [0.3, 0.4) is 0 Å². The number of benzene rings is 2. The first-order valence-corrected chi connectivity index (χ1v) is 11.9. The number of hydrogen-bond donors (Lipinski definition) is 1. The summed E-state index contributed by atoms with van der Waals surface area (Å²) in [5.41, 5.74) is 4.43. The molecule has 0 saturated carbocycles. The van der Waals surface area contributed by atoms with Gasteiger partial charge in [-0.25, -0.2) is 10.4 Å². The highest BCUT2D eigenvalue weighted by Crippen LogP contribution is 2.29. The number of rotatable bonds is 7. The molecule has 0 radical (unpaired) electrons. The normalized spacial score (nSPS) is 11.2. The predicted octanol–water partition coefficient (Wildman–Crippen LogP) is 5.15. The SMILES string of the molecule is CCOc1c(I)cc(/C=N\NC(=O)CSc2nc3ccccc3s2)cc1I. The summed E-state index contributed by atoms with van der Waals surface area (Å²) in [6.45, 7) is 2.59. The number of ether oxygens (including phenoxy) is 1. The second-order valence-electron chi connectivity index (χ2n) is 5.28. The third-order valence-corrected chi connectivity index (χ3v) is 7.10. The standard InChI is InChI=1S/C18H15I2N3O2S2/c1-2-25-17-12(19)7-11(8-13(17)20)9-21-23-16(24)10-26-18-22-14-5-3-4-6-15(14)27-18/h3-9H,2,10H2,1H3,(H,23,24)/b21-9-. The lowest BCUT2D eigenvalue weighted by Crippen LogP contribution is -2.19. The van der Waals surface area contributed by atoms with Crippen LogP contribution in [0, 0.1) is 7.14 Å². The van der Waals surface area contributed by atoms with Crippen LogP contribution in [0.5, 0.6) is 5.75 Å². The van der Waals surface area contributed by atoms with Gasteiger partial charge in [-0.2, -0.15) is 5.10 Å².